The van der Waals surface area contributed by atoms with Crippen molar-refractivity contribution >= 4 is 11.3 Å². The first-order chi connectivity index (χ1) is 10.3. The molecule has 1 aromatic carbocycles. The Bertz CT molecular complexity index is 589. The number of methoxy groups -OCH3 is 1. The highest BCUT2D eigenvalue weighted by Gasteiger charge is 2.15. The van der Waals surface area contributed by atoms with Crippen molar-refractivity contribution < 1.29 is 9.47 Å². The van der Waals surface area contributed by atoms with Crippen LogP contribution < -0.4 is 4.74 Å². The first-order valence-electron chi connectivity index (χ1n) is 7.17. The van der Waals surface area contributed by atoms with Gasteiger partial charge < -0.3 is 9.47 Å². The van der Waals surface area contributed by atoms with Crippen molar-refractivity contribution in [3.8, 4) is 17.0 Å². The Morgan fingerprint density at radius 2 is 1.95 bits per heavy atom. The van der Waals surface area contributed by atoms with Crippen molar-refractivity contribution in [2.75, 3.05) is 33.4 Å². The molecule has 0 aliphatic carbocycles. The Kier molecular flexibility index (Phi) is 4.53. The van der Waals surface area contributed by atoms with E-state index < -0.39 is 0 Å². The summed E-state index contributed by atoms with van der Waals surface area (Å²) in [6.45, 7) is 6.71. The normalized spacial score (nSPS) is 16.1. The maximum atomic E-state index is 5.39. The van der Waals surface area contributed by atoms with Crippen molar-refractivity contribution in [1.29, 1.82) is 0 Å². The van der Waals surface area contributed by atoms with Crippen LogP contribution in [0, 0.1) is 6.92 Å². The average Bonchev–Trinajstić information content (AvgIpc) is 2.89. The van der Waals surface area contributed by atoms with Gasteiger partial charge in [-0.3, -0.25) is 4.90 Å². The highest BCUT2D eigenvalue weighted by atomic mass is 32.1. The number of aromatic nitrogens is 1. The molecule has 21 heavy (non-hydrogen) atoms. The second-order valence-electron chi connectivity index (χ2n) is 5.13. The van der Waals surface area contributed by atoms with E-state index in [0.29, 0.717) is 0 Å². The van der Waals surface area contributed by atoms with Gasteiger partial charge in [0, 0.05) is 23.5 Å². The zero-order valence-corrected chi connectivity index (χ0v) is 13.3. The number of morpholine rings is 1. The molecule has 2 aromatic rings. The minimum atomic E-state index is 0.829. The van der Waals surface area contributed by atoms with Gasteiger partial charge in [0.25, 0.3) is 0 Å². The molecule has 0 amide bonds. The Hall–Kier alpha value is -1.43. The summed E-state index contributed by atoms with van der Waals surface area (Å²) in [6.07, 6.45) is 0. The summed E-state index contributed by atoms with van der Waals surface area (Å²) in [4.78, 5) is 8.49. The fraction of sp³-hybridized carbons (Fsp3) is 0.438. The van der Waals surface area contributed by atoms with Gasteiger partial charge >= 0.3 is 0 Å². The maximum Gasteiger partial charge on any atom is 0.118 e. The van der Waals surface area contributed by atoms with E-state index in [1.165, 1.54) is 9.88 Å². The molecule has 0 spiro atoms. The fourth-order valence-electron chi connectivity index (χ4n) is 2.49. The van der Waals surface area contributed by atoms with Crippen molar-refractivity contribution in [3.05, 3.63) is 34.2 Å². The molecule has 0 saturated carbocycles. The third-order valence-electron chi connectivity index (χ3n) is 3.67. The van der Waals surface area contributed by atoms with Crippen molar-refractivity contribution in [3.63, 3.8) is 0 Å². The van der Waals surface area contributed by atoms with E-state index in [2.05, 4.69) is 24.0 Å². The van der Waals surface area contributed by atoms with Crippen LogP contribution in [0.25, 0.3) is 11.3 Å². The summed E-state index contributed by atoms with van der Waals surface area (Å²) in [7, 11) is 1.68. The van der Waals surface area contributed by atoms with Crippen LogP contribution >= 0.6 is 11.3 Å². The molecule has 1 aromatic heterocycles. The van der Waals surface area contributed by atoms with E-state index in [4.69, 9.17) is 14.5 Å². The summed E-state index contributed by atoms with van der Waals surface area (Å²) in [5.41, 5.74) is 2.24. The van der Waals surface area contributed by atoms with Gasteiger partial charge in [0.05, 0.1) is 32.6 Å². The first kappa shape index (κ1) is 14.5. The number of rotatable bonds is 4. The molecular weight excluding hydrogens is 284 g/mol. The van der Waals surface area contributed by atoms with Crippen LogP contribution in [0.3, 0.4) is 0 Å². The highest BCUT2D eigenvalue weighted by molar-refractivity contribution is 7.12. The number of ether oxygens (including phenoxy) is 2. The number of nitrogens with zero attached hydrogens (tertiary/aromatic N) is 2. The van der Waals surface area contributed by atoms with Crippen LogP contribution in [-0.2, 0) is 11.3 Å². The van der Waals surface area contributed by atoms with Gasteiger partial charge in [0.1, 0.15) is 10.8 Å². The molecule has 3 rings (SSSR count). The first-order valence-corrected chi connectivity index (χ1v) is 7.99. The van der Waals surface area contributed by atoms with Gasteiger partial charge in [0.2, 0.25) is 0 Å². The van der Waals surface area contributed by atoms with Gasteiger partial charge in [-0.2, -0.15) is 0 Å². The Morgan fingerprint density at radius 1 is 1.24 bits per heavy atom. The topological polar surface area (TPSA) is 34.6 Å². The van der Waals surface area contributed by atoms with E-state index in [0.717, 1.165) is 49.9 Å². The molecule has 1 aliphatic rings. The predicted molar refractivity (Wildman–Crippen MR) is 84.9 cm³/mol. The molecule has 5 heteroatoms. The molecule has 2 heterocycles. The Labute approximate surface area is 129 Å². The van der Waals surface area contributed by atoms with Crippen LogP contribution in [0.15, 0.2) is 24.3 Å². The van der Waals surface area contributed by atoms with E-state index in [1.807, 2.05) is 12.1 Å². The molecule has 0 unspecified atom stereocenters. The predicted octanol–water partition coefficient (Wildman–Crippen LogP) is 2.96. The maximum absolute atomic E-state index is 5.39. The van der Waals surface area contributed by atoms with Gasteiger partial charge in [-0.05, 0) is 31.2 Å². The number of hydrogen-bond donors (Lipinski definition) is 0. The molecule has 0 N–H and O–H groups in total. The SMILES string of the molecule is COc1ccc(-c2nc(CN3CCOCC3)sc2C)cc1. The smallest absolute Gasteiger partial charge is 0.118 e. The summed E-state index contributed by atoms with van der Waals surface area (Å²) in [5.74, 6) is 0.875. The number of aryl methyl sites for hydroxylation is 1. The zero-order valence-electron chi connectivity index (χ0n) is 12.5. The lowest BCUT2D eigenvalue weighted by Gasteiger charge is -2.25. The lowest BCUT2D eigenvalue weighted by molar-refractivity contribution is 0.0342. The monoisotopic (exact) mass is 304 g/mol. The molecule has 112 valence electrons. The van der Waals surface area contributed by atoms with Gasteiger partial charge in [-0.15, -0.1) is 11.3 Å². The largest absolute Gasteiger partial charge is 0.497 e. The molecule has 0 bridgehead atoms. The van der Waals surface area contributed by atoms with E-state index in [1.54, 1.807) is 18.4 Å². The molecule has 0 radical (unpaired) electrons. The Balaban J connectivity index is 1.76. The van der Waals surface area contributed by atoms with E-state index in [9.17, 15) is 0 Å². The van der Waals surface area contributed by atoms with Crippen LogP contribution in [0.1, 0.15) is 9.88 Å². The van der Waals surface area contributed by atoms with Crippen molar-refractivity contribution in [2.24, 2.45) is 0 Å². The summed E-state index contributed by atoms with van der Waals surface area (Å²) in [5, 5.41) is 1.18. The third kappa shape index (κ3) is 3.43. The van der Waals surface area contributed by atoms with Gasteiger partial charge in [-0.1, -0.05) is 0 Å². The molecular formula is C16H20N2O2S. The standard InChI is InChI=1S/C16H20N2O2S/c1-12-16(13-3-5-14(19-2)6-4-13)17-15(21-12)11-18-7-9-20-10-8-18/h3-6H,7-11H2,1-2H3. The van der Waals surface area contributed by atoms with Crippen molar-refractivity contribution in [2.45, 2.75) is 13.5 Å². The lowest BCUT2D eigenvalue weighted by atomic mass is 10.1. The van der Waals surface area contributed by atoms with Gasteiger partial charge in [-0.25, -0.2) is 4.98 Å². The molecule has 1 aliphatic heterocycles. The molecule has 4 nitrogen and oxygen atoms in total. The van der Waals surface area contributed by atoms with Crippen LogP contribution in [-0.4, -0.2) is 43.3 Å². The second kappa shape index (κ2) is 6.56. The molecule has 1 fully saturated rings. The zero-order chi connectivity index (χ0) is 14.7. The number of hydrogen-bond acceptors (Lipinski definition) is 5. The summed E-state index contributed by atoms with van der Waals surface area (Å²) >= 11 is 1.79. The van der Waals surface area contributed by atoms with Crippen LogP contribution in [0.2, 0.25) is 0 Å². The van der Waals surface area contributed by atoms with Crippen LogP contribution in [0.4, 0.5) is 0 Å². The minimum absolute atomic E-state index is 0.829. The molecule has 0 atom stereocenters. The summed E-state index contributed by atoms with van der Waals surface area (Å²) < 4.78 is 10.6. The van der Waals surface area contributed by atoms with Crippen molar-refractivity contribution in [1.82, 2.24) is 9.88 Å². The quantitative estimate of drug-likeness (QED) is 0.870. The van der Waals surface area contributed by atoms with Crippen LogP contribution in [0.5, 0.6) is 5.75 Å². The molecule has 1 saturated heterocycles. The fourth-order valence-corrected chi connectivity index (χ4v) is 3.48. The van der Waals surface area contributed by atoms with Gasteiger partial charge in [0.15, 0.2) is 0 Å². The summed E-state index contributed by atoms with van der Waals surface area (Å²) in [6, 6.07) is 8.10. The average molecular weight is 304 g/mol. The lowest BCUT2D eigenvalue weighted by Crippen LogP contribution is -2.35. The Morgan fingerprint density at radius 3 is 2.62 bits per heavy atom. The van der Waals surface area contributed by atoms with E-state index >= 15 is 0 Å². The van der Waals surface area contributed by atoms with E-state index in [-0.39, 0.29) is 0 Å². The number of benzene rings is 1. The number of thiazole rings is 1. The minimum Gasteiger partial charge on any atom is -0.497 e. The third-order valence-corrected chi connectivity index (χ3v) is 4.62. The highest BCUT2D eigenvalue weighted by Crippen LogP contribution is 2.29. The second-order valence-corrected chi connectivity index (χ2v) is 6.42.